The molecular weight excluding hydrogens is 290 g/mol. The molecule has 22 heavy (non-hydrogen) atoms. The number of fused-ring (bicyclic) bond motifs is 1. The maximum atomic E-state index is 4.92. The minimum absolute atomic E-state index is 0.265. The van der Waals surface area contributed by atoms with Gasteiger partial charge in [-0.05, 0) is 17.7 Å². The topological polar surface area (TPSA) is 28.2 Å². The lowest BCUT2D eigenvalue weighted by atomic mass is 10.1. The van der Waals surface area contributed by atoms with Crippen molar-refractivity contribution in [3.63, 3.8) is 0 Å². The molecule has 1 aliphatic rings. The number of aromatic nitrogens is 1. The predicted octanol–water partition coefficient (Wildman–Crippen LogP) is 3.29. The summed E-state index contributed by atoms with van der Waals surface area (Å²) in [6.45, 7) is 4.23. The SMILES string of the molecule is c1ccc(C(c2nc3ccccc3s2)N2CCNCC2)cc1. The molecule has 0 aliphatic carbocycles. The van der Waals surface area contributed by atoms with E-state index in [0.717, 1.165) is 31.7 Å². The maximum absolute atomic E-state index is 4.92. The largest absolute Gasteiger partial charge is 0.314 e. The van der Waals surface area contributed by atoms with E-state index in [1.165, 1.54) is 15.3 Å². The van der Waals surface area contributed by atoms with Gasteiger partial charge in [0, 0.05) is 26.2 Å². The molecule has 1 saturated heterocycles. The van der Waals surface area contributed by atoms with Crippen molar-refractivity contribution in [1.29, 1.82) is 0 Å². The first-order valence-electron chi connectivity index (χ1n) is 7.77. The number of rotatable bonds is 3. The van der Waals surface area contributed by atoms with E-state index in [1.54, 1.807) is 0 Å². The van der Waals surface area contributed by atoms with Crippen molar-refractivity contribution < 1.29 is 0 Å². The van der Waals surface area contributed by atoms with Crippen LogP contribution in [0.2, 0.25) is 0 Å². The second-order valence-corrected chi connectivity index (χ2v) is 6.68. The Hall–Kier alpha value is -1.75. The Bertz CT molecular complexity index is 714. The molecule has 3 nitrogen and oxygen atoms in total. The lowest BCUT2D eigenvalue weighted by Crippen LogP contribution is -2.45. The van der Waals surface area contributed by atoms with Gasteiger partial charge in [0.2, 0.25) is 0 Å². The van der Waals surface area contributed by atoms with Crippen LogP contribution in [0.1, 0.15) is 16.6 Å². The monoisotopic (exact) mass is 309 g/mol. The third-order valence-electron chi connectivity index (χ3n) is 4.18. The summed E-state index contributed by atoms with van der Waals surface area (Å²) in [5.74, 6) is 0. The van der Waals surface area contributed by atoms with Crippen LogP contribution in [0.15, 0.2) is 54.6 Å². The molecule has 1 atom stereocenters. The van der Waals surface area contributed by atoms with Crippen molar-refractivity contribution in [3.05, 3.63) is 65.2 Å². The average molecular weight is 309 g/mol. The Morgan fingerprint density at radius 1 is 0.955 bits per heavy atom. The smallest absolute Gasteiger partial charge is 0.116 e. The molecule has 0 spiro atoms. The number of piperazine rings is 1. The molecule has 1 unspecified atom stereocenters. The van der Waals surface area contributed by atoms with Crippen LogP contribution in [0, 0.1) is 0 Å². The van der Waals surface area contributed by atoms with Crippen LogP contribution in [-0.2, 0) is 0 Å². The molecule has 1 aliphatic heterocycles. The highest BCUT2D eigenvalue weighted by Crippen LogP contribution is 2.34. The molecule has 1 N–H and O–H groups in total. The summed E-state index contributed by atoms with van der Waals surface area (Å²) in [5, 5.41) is 4.64. The van der Waals surface area contributed by atoms with E-state index in [9.17, 15) is 0 Å². The van der Waals surface area contributed by atoms with Crippen LogP contribution >= 0.6 is 11.3 Å². The lowest BCUT2D eigenvalue weighted by Gasteiger charge is -2.34. The van der Waals surface area contributed by atoms with Crippen LogP contribution < -0.4 is 5.32 Å². The number of para-hydroxylation sites is 1. The Balaban J connectivity index is 1.78. The summed E-state index contributed by atoms with van der Waals surface area (Å²) in [6.07, 6.45) is 0. The van der Waals surface area contributed by atoms with E-state index in [2.05, 4.69) is 64.8 Å². The van der Waals surface area contributed by atoms with E-state index >= 15 is 0 Å². The molecule has 0 radical (unpaired) electrons. The fourth-order valence-corrected chi connectivity index (χ4v) is 4.22. The predicted molar refractivity (Wildman–Crippen MR) is 92.3 cm³/mol. The Kier molecular flexibility index (Phi) is 3.89. The zero-order valence-electron chi connectivity index (χ0n) is 12.4. The first-order chi connectivity index (χ1) is 10.9. The fourth-order valence-electron chi connectivity index (χ4n) is 3.09. The van der Waals surface area contributed by atoms with Crippen molar-refractivity contribution in [1.82, 2.24) is 15.2 Å². The molecule has 3 aromatic rings. The van der Waals surface area contributed by atoms with Gasteiger partial charge in [-0.3, -0.25) is 4.90 Å². The molecule has 0 bridgehead atoms. The number of nitrogens with one attached hydrogen (secondary N) is 1. The minimum Gasteiger partial charge on any atom is -0.314 e. The van der Waals surface area contributed by atoms with Gasteiger partial charge < -0.3 is 5.32 Å². The van der Waals surface area contributed by atoms with E-state index in [1.807, 2.05) is 11.3 Å². The van der Waals surface area contributed by atoms with Crippen molar-refractivity contribution in [2.45, 2.75) is 6.04 Å². The second-order valence-electron chi connectivity index (χ2n) is 5.62. The van der Waals surface area contributed by atoms with Gasteiger partial charge in [0.1, 0.15) is 5.01 Å². The highest BCUT2D eigenvalue weighted by atomic mass is 32.1. The quantitative estimate of drug-likeness (QED) is 0.805. The zero-order chi connectivity index (χ0) is 14.8. The number of hydrogen-bond acceptors (Lipinski definition) is 4. The van der Waals surface area contributed by atoms with E-state index in [4.69, 9.17) is 4.98 Å². The van der Waals surface area contributed by atoms with Crippen molar-refractivity contribution >= 4 is 21.6 Å². The second kappa shape index (κ2) is 6.16. The van der Waals surface area contributed by atoms with Crippen LogP contribution in [0.4, 0.5) is 0 Å². The number of hydrogen-bond donors (Lipinski definition) is 1. The Morgan fingerprint density at radius 3 is 2.45 bits per heavy atom. The molecule has 1 fully saturated rings. The van der Waals surface area contributed by atoms with Crippen LogP contribution in [0.3, 0.4) is 0 Å². The molecule has 0 saturated carbocycles. The van der Waals surface area contributed by atoms with Gasteiger partial charge in [-0.15, -0.1) is 11.3 Å². The lowest BCUT2D eigenvalue weighted by molar-refractivity contribution is 0.198. The zero-order valence-corrected chi connectivity index (χ0v) is 13.2. The van der Waals surface area contributed by atoms with Crippen molar-refractivity contribution in [3.8, 4) is 0 Å². The van der Waals surface area contributed by atoms with Crippen LogP contribution in [0.5, 0.6) is 0 Å². The van der Waals surface area contributed by atoms with Crippen LogP contribution in [0.25, 0.3) is 10.2 Å². The standard InChI is InChI=1S/C18H19N3S/c1-2-6-14(7-3-1)17(21-12-10-19-11-13-21)18-20-15-8-4-5-9-16(15)22-18/h1-9,17,19H,10-13H2. The molecule has 2 heterocycles. The summed E-state index contributed by atoms with van der Waals surface area (Å²) >= 11 is 1.82. The summed E-state index contributed by atoms with van der Waals surface area (Å²) in [7, 11) is 0. The number of nitrogens with zero attached hydrogens (tertiary/aromatic N) is 2. The highest BCUT2D eigenvalue weighted by molar-refractivity contribution is 7.18. The number of benzene rings is 2. The van der Waals surface area contributed by atoms with Crippen molar-refractivity contribution in [2.24, 2.45) is 0 Å². The summed E-state index contributed by atoms with van der Waals surface area (Å²) < 4.78 is 1.27. The Labute approximate surface area is 134 Å². The Morgan fingerprint density at radius 2 is 1.68 bits per heavy atom. The van der Waals surface area contributed by atoms with E-state index in [0.29, 0.717) is 0 Å². The third kappa shape index (κ3) is 2.65. The average Bonchev–Trinajstić information content (AvgIpc) is 3.00. The van der Waals surface area contributed by atoms with Gasteiger partial charge in [0.15, 0.2) is 0 Å². The molecule has 4 heteroatoms. The van der Waals surface area contributed by atoms with Crippen LogP contribution in [-0.4, -0.2) is 36.1 Å². The molecule has 0 amide bonds. The van der Waals surface area contributed by atoms with Crippen molar-refractivity contribution in [2.75, 3.05) is 26.2 Å². The fraction of sp³-hybridized carbons (Fsp3) is 0.278. The van der Waals surface area contributed by atoms with Gasteiger partial charge in [0.25, 0.3) is 0 Å². The molecular formula is C18H19N3S. The van der Waals surface area contributed by atoms with Gasteiger partial charge in [-0.25, -0.2) is 4.98 Å². The first kappa shape index (κ1) is 13.9. The minimum atomic E-state index is 0.265. The van der Waals surface area contributed by atoms with Gasteiger partial charge in [0.05, 0.1) is 16.3 Å². The van der Waals surface area contributed by atoms with Gasteiger partial charge in [-0.2, -0.15) is 0 Å². The summed E-state index contributed by atoms with van der Waals surface area (Å²) in [4.78, 5) is 7.47. The van der Waals surface area contributed by atoms with E-state index < -0.39 is 0 Å². The molecule has 1 aromatic heterocycles. The third-order valence-corrected chi connectivity index (χ3v) is 5.27. The first-order valence-corrected chi connectivity index (χ1v) is 8.59. The van der Waals surface area contributed by atoms with E-state index in [-0.39, 0.29) is 6.04 Å². The molecule has 112 valence electrons. The normalized spacial score (nSPS) is 17.6. The van der Waals surface area contributed by atoms with Gasteiger partial charge >= 0.3 is 0 Å². The highest BCUT2D eigenvalue weighted by Gasteiger charge is 2.26. The summed E-state index contributed by atoms with van der Waals surface area (Å²) in [5.41, 5.74) is 2.45. The number of thiazole rings is 1. The molecule has 4 rings (SSSR count). The summed E-state index contributed by atoms with van der Waals surface area (Å²) in [6, 6.07) is 19.5. The molecule has 2 aromatic carbocycles. The van der Waals surface area contributed by atoms with Gasteiger partial charge in [-0.1, -0.05) is 42.5 Å². The maximum Gasteiger partial charge on any atom is 0.116 e.